The predicted molar refractivity (Wildman–Crippen MR) is 71.2 cm³/mol. The number of allylic oxidation sites excluding steroid dienone is 2. The molecule has 94 valence electrons. The van der Waals surface area contributed by atoms with Crippen LogP contribution < -0.4 is 0 Å². The maximum atomic E-state index is 2.58. The minimum absolute atomic E-state index is 0.611. The lowest BCUT2D eigenvalue weighted by Crippen LogP contribution is -2.45. The Hall–Kier alpha value is -0.660. The van der Waals surface area contributed by atoms with E-state index in [4.69, 9.17) is 0 Å². The maximum Gasteiger partial charge on any atom is 0.0359 e. The van der Waals surface area contributed by atoms with E-state index in [0.29, 0.717) is 17.9 Å². The molecule has 0 fully saturated rings. The summed E-state index contributed by atoms with van der Waals surface area (Å²) in [5.41, 5.74) is 3.09. The van der Waals surface area contributed by atoms with Crippen LogP contribution in [0.1, 0.15) is 41.5 Å². The standard InChI is InChI=1S/C14H28N2/c1-10(2)13-14(11(3)4)16(12(5)6)9-8-15(13)7/h10-12H,8-9H2,1-7H3. The first kappa shape index (κ1) is 13.4. The van der Waals surface area contributed by atoms with E-state index in [2.05, 4.69) is 58.4 Å². The van der Waals surface area contributed by atoms with Crippen LogP contribution in [0.3, 0.4) is 0 Å². The molecule has 0 saturated carbocycles. The second-order valence-corrected chi connectivity index (χ2v) is 5.79. The molecule has 2 nitrogen and oxygen atoms in total. The minimum atomic E-state index is 0.611. The zero-order chi connectivity index (χ0) is 12.5. The van der Waals surface area contributed by atoms with Crippen molar-refractivity contribution < 1.29 is 0 Å². The fourth-order valence-corrected chi connectivity index (χ4v) is 2.74. The summed E-state index contributed by atoms with van der Waals surface area (Å²) in [5.74, 6) is 1.23. The first-order chi connectivity index (χ1) is 7.36. The van der Waals surface area contributed by atoms with Crippen LogP contribution in [0.4, 0.5) is 0 Å². The highest BCUT2D eigenvalue weighted by atomic mass is 15.3. The third-order valence-electron chi connectivity index (χ3n) is 3.38. The third-order valence-corrected chi connectivity index (χ3v) is 3.38. The highest BCUT2D eigenvalue weighted by Crippen LogP contribution is 2.31. The Kier molecular flexibility index (Phi) is 4.28. The number of hydrogen-bond donors (Lipinski definition) is 0. The molecule has 1 aliphatic rings. The smallest absolute Gasteiger partial charge is 0.0359 e. The summed E-state index contributed by atoms with van der Waals surface area (Å²) in [6.07, 6.45) is 0. The van der Waals surface area contributed by atoms with Crippen molar-refractivity contribution in [2.75, 3.05) is 20.1 Å². The second-order valence-electron chi connectivity index (χ2n) is 5.79. The van der Waals surface area contributed by atoms with Crippen LogP contribution in [0.15, 0.2) is 11.4 Å². The van der Waals surface area contributed by atoms with Crippen molar-refractivity contribution >= 4 is 0 Å². The van der Waals surface area contributed by atoms with Crippen molar-refractivity contribution in [3.63, 3.8) is 0 Å². The average molecular weight is 224 g/mol. The highest BCUT2D eigenvalue weighted by Gasteiger charge is 2.28. The van der Waals surface area contributed by atoms with Crippen molar-refractivity contribution in [1.82, 2.24) is 9.80 Å². The summed E-state index contributed by atoms with van der Waals surface area (Å²) < 4.78 is 0. The Labute approximate surface area is 101 Å². The Morgan fingerprint density at radius 1 is 0.812 bits per heavy atom. The number of likely N-dealkylation sites (N-methyl/N-ethyl adjacent to an activating group) is 1. The molecule has 1 rings (SSSR count). The van der Waals surface area contributed by atoms with Crippen LogP contribution in [-0.2, 0) is 0 Å². The summed E-state index contributed by atoms with van der Waals surface area (Å²) in [7, 11) is 2.23. The summed E-state index contributed by atoms with van der Waals surface area (Å²) >= 11 is 0. The molecule has 0 atom stereocenters. The van der Waals surface area contributed by atoms with Crippen LogP contribution in [0.5, 0.6) is 0 Å². The van der Waals surface area contributed by atoms with Crippen molar-refractivity contribution in [3.05, 3.63) is 11.4 Å². The number of nitrogens with zero attached hydrogens (tertiary/aromatic N) is 2. The SMILES string of the molecule is CC(C)C1=C(C(C)C)N(C(C)C)CCN1C. The number of hydrogen-bond acceptors (Lipinski definition) is 2. The highest BCUT2D eigenvalue weighted by molar-refractivity contribution is 5.19. The quantitative estimate of drug-likeness (QED) is 0.726. The van der Waals surface area contributed by atoms with Gasteiger partial charge in [0.15, 0.2) is 0 Å². The second kappa shape index (κ2) is 5.11. The number of rotatable bonds is 3. The molecule has 0 spiro atoms. The van der Waals surface area contributed by atoms with Crippen molar-refractivity contribution in [3.8, 4) is 0 Å². The van der Waals surface area contributed by atoms with Gasteiger partial charge in [-0.05, 0) is 25.7 Å². The van der Waals surface area contributed by atoms with Crippen LogP contribution >= 0.6 is 0 Å². The molecule has 2 heteroatoms. The Balaban J connectivity index is 3.18. The largest absolute Gasteiger partial charge is 0.375 e. The molecule has 0 aromatic rings. The fourth-order valence-electron chi connectivity index (χ4n) is 2.74. The van der Waals surface area contributed by atoms with Gasteiger partial charge in [0, 0.05) is 37.6 Å². The molecule has 0 saturated heterocycles. The maximum absolute atomic E-state index is 2.58. The van der Waals surface area contributed by atoms with Crippen LogP contribution in [0.25, 0.3) is 0 Å². The third kappa shape index (κ3) is 2.53. The van der Waals surface area contributed by atoms with Gasteiger partial charge < -0.3 is 9.80 Å². The van der Waals surface area contributed by atoms with Gasteiger partial charge >= 0.3 is 0 Å². The van der Waals surface area contributed by atoms with Crippen LogP contribution in [0.2, 0.25) is 0 Å². The lowest BCUT2D eigenvalue weighted by atomic mass is 9.96. The molecule has 0 aromatic heterocycles. The van der Waals surface area contributed by atoms with Crippen molar-refractivity contribution in [2.24, 2.45) is 11.8 Å². The van der Waals surface area contributed by atoms with E-state index in [-0.39, 0.29) is 0 Å². The van der Waals surface area contributed by atoms with E-state index in [1.54, 1.807) is 5.70 Å². The Morgan fingerprint density at radius 3 is 1.69 bits per heavy atom. The Morgan fingerprint density at radius 2 is 1.31 bits per heavy atom. The van der Waals surface area contributed by atoms with Crippen LogP contribution in [0, 0.1) is 11.8 Å². The molecular weight excluding hydrogens is 196 g/mol. The van der Waals surface area contributed by atoms with Crippen molar-refractivity contribution in [2.45, 2.75) is 47.6 Å². The monoisotopic (exact) mass is 224 g/mol. The van der Waals surface area contributed by atoms with Gasteiger partial charge in [0.1, 0.15) is 0 Å². The molecule has 0 aromatic carbocycles. The molecule has 16 heavy (non-hydrogen) atoms. The van der Waals surface area contributed by atoms with E-state index in [0.717, 1.165) is 13.1 Å². The molecule has 0 amide bonds. The zero-order valence-corrected chi connectivity index (χ0v) is 12.0. The van der Waals surface area contributed by atoms with Crippen molar-refractivity contribution in [1.29, 1.82) is 0 Å². The normalized spacial score (nSPS) is 18.4. The summed E-state index contributed by atoms with van der Waals surface area (Å²) in [6.45, 7) is 16.1. The van der Waals surface area contributed by atoms with E-state index in [9.17, 15) is 0 Å². The molecule has 0 bridgehead atoms. The van der Waals surface area contributed by atoms with Gasteiger partial charge in [-0.15, -0.1) is 0 Å². The van der Waals surface area contributed by atoms with E-state index in [1.807, 2.05) is 0 Å². The molecule has 1 heterocycles. The van der Waals surface area contributed by atoms with E-state index in [1.165, 1.54) is 5.70 Å². The molecule has 0 unspecified atom stereocenters. The fraction of sp³-hybridized carbons (Fsp3) is 0.857. The minimum Gasteiger partial charge on any atom is -0.375 e. The summed E-state index contributed by atoms with van der Waals surface area (Å²) in [5, 5.41) is 0. The van der Waals surface area contributed by atoms with Gasteiger partial charge in [0.25, 0.3) is 0 Å². The van der Waals surface area contributed by atoms with E-state index < -0.39 is 0 Å². The molecule has 0 radical (unpaired) electrons. The predicted octanol–water partition coefficient (Wildman–Crippen LogP) is 3.17. The molecular formula is C14H28N2. The molecule has 0 N–H and O–H groups in total. The van der Waals surface area contributed by atoms with Gasteiger partial charge in [-0.2, -0.15) is 0 Å². The molecule has 1 aliphatic heterocycles. The van der Waals surface area contributed by atoms with Gasteiger partial charge in [-0.1, -0.05) is 27.7 Å². The van der Waals surface area contributed by atoms with Gasteiger partial charge in [0.05, 0.1) is 0 Å². The first-order valence-corrected chi connectivity index (χ1v) is 6.58. The van der Waals surface area contributed by atoms with Gasteiger partial charge in [-0.25, -0.2) is 0 Å². The Bertz CT molecular complexity index is 264. The molecule has 0 aliphatic carbocycles. The van der Waals surface area contributed by atoms with Crippen LogP contribution in [-0.4, -0.2) is 36.0 Å². The zero-order valence-electron chi connectivity index (χ0n) is 12.0. The van der Waals surface area contributed by atoms with Gasteiger partial charge in [-0.3, -0.25) is 0 Å². The average Bonchev–Trinajstić information content (AvgIpc) is 2.15. The topological polar surface area (TPSA) is 6.48 Å². The lowest BCUT2D eigenvalue weighted by molar-refractivity contribution is 0.177. The van der Waals surface area contributed by atoms with Gasteiger partial charge in [0.2, 0.25) is 0 Å². The summed E-state index contributed by atoms with van der Waals surface area (Å²) in [6, 6.07) is 0.611. The first-order valence-electron chi connectivity index (χ1n) is 6.58. The lowest BCUT2D eigenvalue weighted by Gasteiger charge is -2.44. The van der Waals surface area contributed by atoms with E-state index >= 15 is 0 Å². The summed E-state index contributed by atoms with van der Waals surface area (Å²) in [4.78, 5) is 5.03.